The minimum Gasteiger partial charge on any atom is -0.406 e. The normalized spacial score (nSPS) is 11.8. The lowest BCUT2D eigenvalue weighted by Gasteiger charge is -2.21. The van der Waals surface area contributed by atoms with E-state index in [1.165, 1.54) is 18.2 Å². The molecule has 0 bridgehead atoms. The maximum Gasteiger partial charge on any atom is 0.573 e. The summed E-state index contributed by atoms with van der Waals surface area (Å²) in [5, 5.41) is 6.40. The molecule has 158 valence electrons. The molecule has 0 fully saturated rings. The average Bonchev–Trinajstić information content (AvgIpc) is 2.59. The zero-order valence-corrected chi connectivity index (χ0v) is 18.1. The fourth-order valence-electron chi connectivity index (χ4n) is 2.62. The highest BCUT2D eigenvalue weighted by Crippen LogP contribution is 2.30. The highest BCUT2D eigenvalue weighted by Gasteiger charge is 2.31. The molecular formula is C21H20BrF3N4O. The molecule has 0 aliphatic rings. The number of anilines is 3. The lowest BCUT2D eigenvalue weighted by atomic mass is 10.1. The zero-order chi connectivity index (χ0) is 21.9. The molecular weight excluding hydrogens is 461 g/mol. The smallest absolute Gasteiger partial charge is 0.406 e. The van der Waals surface area contributed by atoms with Crippen LogP contribution in [0.4, 0.5) is 30.6 Å². The van der Waals surface area contributed by atoms with E-state index in [4.69, 9.17) is 0 Å². The van der Waals surface area contributed by atoms with Crippen LogP contribution >= 0.6 is 15.9 Å². The van der Waals surface area contributed by atoms with Crippen LogP contribution in [0.1, 0.15) is 20.8 Å². The number of ether oxygens (including phenoxy) is 1. The van der Waals surface area contributed by atoms with Gasteiger partial charge in [-0.1, -0.05) is 34.1 Å². The molecule has 0 spiro atoms. The summed E-state index contributed by atoms with van der Waals surface area (Å²) in [6, 6.07) is 14.9. The van der Waals surface area contributed by atoms with Crippen molar-refractivity contribution in [2.75, 3.05) is 10.6 Å². The van der Waals surface area contributed by atoms with Gasteiger partial charge in [0.2, 0.25) is 5.95 Å². The Morgan fingerprint density at radius 3 is 2.33 bits per heavy atom. The summed E-state index contributed by atoms with van der Waals surface area (Å²) < 4.78 is 42.7. The van der Waals surface area contributed by atoms with Crippen LogP contribution in [-0.4, -0.2) is 21.9 Å². The summed E-state index contributed by atoms with van der Waals surface area (Å²) >= 11 is 3.42. The van der Waals surface area contributed by atoms with Crippen molar-refractivity contribution in [3.05, 3.63) is 59.1 Å². The van der Waals surface area contributed by atoms with Crippen molar-refractivity contribution in [3.63, 3.8) is 0 Å². The molecule has 0 unspecified atom stereocenters. The van der Waals surface area contributed by atoms with E-state index in [0.717, 1.165) is 10.2 Å². The molecule has 0 aliphatic carbocycles. The first-order valence-corrected chi connectivity index (χ1v) is 9.82. The fourth-order valence-corrected chi connectivity index (χ4v) is 3.02. The van der Waals surface area contributed by atoms with E-state index in [9.17, 15) is 13.2 Å². The molecule has 5 nitrogen and oxygen atoms in total. The van der Waals surface area contributed by atoms with Crippen LogP contribution < -0.4 is 15.4 Å². The second-order valence-corrected chi connectivity index (χ2v) is 8.46. The Morgan fingerprint density at radius 1 is 0.933 bits per heavy atom. The lowest BCUT2D eigenvalue weighted by molar-refractivity contribution is -0.274. The van der Waals surface area contributed by atoms with Crippen molar-refractivity contribution >= 4 is 33.4 Å². The molecule has 1 aromatic heterocycles. The summed E-state index contributed by atoms with van der Waals surface area (Å²) in [5.74, 6) is 0.525. The summed E-state index contributed by atoms with van der Waals surface area (Å²) in [6.45, 7) is 5.88. The van der Waals surface area contributed by atoms with E-state index < -0.39 is 6.36 Å². The van der Waals surface area contributed by atoms with Gasteiger partial charge in [0.1, 0.15) is 11.6 Å². The molecule has 9 heteroatoms. The summed E-state index contributed by atoms with van der Waals surface area (Å²) in [7, 11) is 0. The van der Waals surface area contributed by atoms with E-state index in [1.54, 1.807) is 12.1 Å². The van der Waals surface area contributed by atoms with Crippen LogP contribution in [0, 0.1) is 0 Å². The van der Waals surface area contributed by atoms with Crippen molar-refractivity contribution in [1.82, 2.24) is 9.97 Å². The van der Waals surface area contributed by atoms with Crippen LogP contribution in [0.25, 0.3) is 11.3 Å². The number of nitrogens with one attached hydrogen (secondary N) is 2. The van der Waals surface area contributed by atoms with Gasteiger partial charge in [0.05, 0.1) is 5.69 Å². The van der Waals surface area contributed by atoms with Gasteiger partial charge in [-0.05, 0) is 51.1 Å². The Balaban J connectivity index is 2.01. The third-order valence-electron chi connectivity index (χ3n) is 3.67. The molecule has 2 N–H and O–H groups in total. The number of nitrogens with zero attached hydrogens (tertiary/aromatic N) is 2. The maximum atomic E-state index is 12.6. The molecule has 0 saturated heterocycles. The summed E-state index contributed by atoms with van der Waals surface area (Å²) in [4.78, 5) is 8.97. The molecule has 3 aromatic rings. The Hall–Kier alpha value is -2.81. The SMILES string of the molecule is CC(C)(C)Nc1nc(Nc2cccc(Br)c2)cc(-c2cccc(OC(F)(F)F)c2)n1. The second-order valence-electron chi connectivity index (χ2n) is 7.55. The highest BCUT2D eigenvalue weighted by atomic mass is 79.9. The Bertz CT molecular complexity index is 1040. The Labute approximate surface area is 180 Å². The average molecular weight is 481 g/mol. The first-order valence-electron chi connectivity index (χ1n) is 9.03. The number of benzene rings is 2. The zero-order valence-electron chi connectivity index (χ0n) is 16.5. The first kappa shape index (κ1) is 21.9. The van der Waals surface area contributed by atoms with E-state index in [1.807, 2.05) is 45.0 Å². The largest absolute Gasteiger partial charge is 0.573 e. The van der Waals surface area contributed by atoms with E-state index in [0.29, 0.717) is 23.0 Å². The van der Waals surface area contributed by atoms with Crippen LogP contribution in [0.15, 0.2) is 59.1 Å². The number of hydrogen-bond donors (Lipinski definition) is 2. The standard InChI is InChI=1S/C21H20BrF3N4O/c1-20(2,3)29-19-27-17(13-6-4-9-16(10-13)30-21(23,24)25)12-18(28-19)26-15-8-5-7-14(22)11-15/h4-12H,1-3H3,(H2,26,27,28,29). The van der Waals surface area contributed by atoms with Crippen LogP contribution in [0.2, 0.25) is 0 Å². The Morgan fingerprint density at radius 2 is 1.67 bits per heavy atom. The van der Waals surface area contributed by atoms with Gasteiger partial charge in [-0.15, -0.1) is 13.2 Å². The highest BCUT2D eigenvalue weighted by molar-refractivity contribution is 9.10. The number of alkyl halides is 3. The van der Waals surface area contributed by atoms with Crippen molar-refractivity contribution in [3.8, 4) is 17.0 Å². The molecule has 0 aliphatic heterocycles. The molecule has 1 heterocycles. The van der Waals surface area contributed by atoms with Gasteiger partial charge in [-0.3, -0.25) is 0 Å². The maximum absolute atomic E-state index is 12.6. The van der Waals surface area contributed by atoms with Crippen LogP contribution in [0.5, 0.6) is 5.75 Å². The minimum atomic E-state index is -4.77. The third kappa shape index (κ3) is 6.62. The summed E-state index contributed by atoms with van der Waals surface area (Å²) in [6.07, 6.45) is -4.77. The third-order valence-corrected chi connectivity index (χ3v) is 4.17. The molecule has 3 rings (SSSR count). The van der Waals surface area contributed by atoms with Crippen molar-refractivity contribution < 1.29 is 17.9 Å². The predicted molar refractivity (Wildman–Crippen MR) is 115 cm³/mol. The quantitative estimate of drug-likeness (QED) is 0.422. The predicted octanol–water partition coefficient (Wildman–Crippen LogP) is 6.76. The molecule has 0 amide bonds. The molecule has 0 atom stereocenters. The molecule has 0 radical (unpaired) electrons. The first-order chi connectivity index (χ1) is 14.0. The van der Waals surface area contributed by atoms with E-state index in [-0.39, 0.29) is 11.3 Å². The molecule has 2 aromatic carbocycles. The van der Waals surface area contributed by atoms with Gasteiger partial charge in [0.15, 0.2) is 0 Å². The molecule has 0 saturated carbocycles. The van der Waals surface area contributed by atoms with E-state index in [2.05, 4.69) is 41.3 Å². The van der Waals surface area contributed by atoms with Gasteiger partial charge in [-0.2, -0.15) is 4.98 Å². The number of halogens is 4. The number of rotatable bonds is 5. The van der Waals surface area contributed by atoms with Crippen molar-refractivity contribution in [1.29, 1.82) is 0 Å². The van der Waals surface area contributed by atoms with Gasteiger partial charge in [-0.25, -0.2) is 4.98 Å². The van der Waals surface area contributed by atoms with Gasteiger partial charge >= 0.3 is 6.36 Å². The van der Waals surface area contributed by atoms with Crippen LogP contribution in [0.3, 0.4) is 0 Å². The second kappa shape index (κ2) is 8.51. The van der Waals surface area contributed by atoms with Crippen LogP contribution in [-0.2, 0) is 0 Å². The molecule has 30 heavy (non-hydrogen) atoms. The minimum absolute atomic E-state index is 0.313. The van der Waals surface area contributed by atoms with E-state index >= 15 is 0 Å². The summed E-state index contributed by atoms with van der Waals surface area (Å²) in [5.41, 5.74) is 1.40. The van der Waals surface area contributed by atoms with Gasteiger partial charge in [0, 0.05) is 27.3 Å². The van der Waals surface area contributed by atoms with Gasteiger partial charge < -0.3 is 15.4 Å². The lowest BCUT2D eigenvalue weighted by Crippen LogP contribution is -2.27. The fraction of sp³-hybridized carbons (Fsp3) is 0.238. The van der Waals surface area contributed by atoms with Crippen molar-refractivity contribution in [2.45, 2.75) is 32.7 Å². The number of aromatic nitrogens is 2. The van der Waals surface area contributed by atoms with Gasteiger partial charge in [0.25, 0.3) is 0 Å². The number of hydrogen-bond acceptors (Lipinski definition) is 5. The van der Waals surface area contributed by atoms with Crippen molar-refractivity contribution in [2.24, 2.45) is 0 Å². The monoisotopic (exact) mass is 480 g/mol. The topological polar surface area (TPSA) is 59.1 Å². The Kier molecular flexibility index (Phi) is 6.21.